The van der Waals surface area contributed by atoms with Crippen molar-refractivity contribution in [1.82, 2.24) is 0 Å². The van der Waals surface area contributed by atoms with Crippen LogP contribution in [-0.4, -0.2) is 0 Å². The molecular weight excluding hydrogens is 593 g/mol. The molecule has 0 nitrogen and oxygen atoms in total. The second kappa shape index (κ2) is 16.5. The first kappa shape index (κ1) is 35.4. The zero-order chi connectivity index (χ0) is 32.8. The topological polar surface area (TPSA) is 0 Å². The van der Waals surface area contributed by atoms with E-state index in [2.05, 4.69) is 102 Å². The van der Waals surface area contributed by atoms with E-state index in [4.69, 9.17) is 0 Å². The molecule has 0 N–H and O–H groups in total. The number of hydrogen-bond donors (Lipinski definition) is 0. The third-order valence-electron chi connectivity index (χ3n) is 10.4. The van der Waals surface area contributed by atoms with Gasteiger partial charge in [0.1, 0.15) is 0 Å². The van der Waals surface area contributed by atoms with Crippen LogP contribution in [0.25, 0.3) is 32.0 Å². The Labute approximate surface area is 290 Å². The molecule has 0 spiro atoms. The van der Waals surface area contributed by atoms with E-state index in [1.807, 2.05) is 0 Å². The van der Waals surface area contributed by atoms with Crippen LogP contribution in [0.4, 0.5) is 0 Å². The summed E-state index contributed by atoms with van der Waals surface area (Å²) in [5.41, 5.74) is 16.0. The van der Waals surface area contributed by atoms with Gasteiger partial charge in [0.25, 0.3) is 0 Å². The first-order chi connectivity index (χ1) is 22.3. The summed E-state index contributed by atoms with van der Waals surface area (Å²) >= 11 is 4.17. The van der Waals surface area contributed by atoms with E-state index in [0.29, 0.717) is 11.8 Å². The third kappa shape index (κ3) is 7.39. The standard InChI is InChI=1S/C44H62S2/c1-9-13-17-21-31(22-18-14-10-2)41-33-25-36-34(26-35(33)43-37(41)27-39(45-43)29(5)6)42(38-28-40(30(7)8)46-44(36)38)32(23-19-15-11-3)24-20-16-12-4/h25-30H,9-24H2,1-8H3. The number of rotatable bonds is 18. The Morgan fingerprint density at radius 2 is 0.761 bits per heavy atom. The predicted molar refractivity (Wildman–Crippen MR) is 210 cm³/mol. The lowest BCUT2D eigenvalue weighted by Crippen LogP contribution is -1.96. The van der Waals surface area contributed by atoms with Gasteiger partial charge < -0.3 is 0 Å². The van der Waals surface area contributed by atoms with Crippen molar-refractivity contribution in [3.05, 3.63) is 67.4 Å². The highest BCUT2D eigenvalue weighted by Gasteiger charge is 2.35. The van der Waals surface area contributed by atoms with Crippen LogP contribution < -0.4 is 0 Å². The minimum absolute atomic E-state index is 0.569. The normalized spacial score (nSPS) is 13.2. The van der Waals surface area contributed by atoms with Crippen LogP contribution in [0, 0.1) is 0 Å². The van der Waals surface area contributed by atoms with Crippen molar-refractivity contribution < 1.29 is 0 Å². The molecule has 3 aromatic rings. The maximum absolute atomic E-state index is 2.68. The minimum atomic E-state index is 0.569. The Morgan fingerprint density at radius 3 is 1.04 bits per heavy atom. The molecule has 2 aliphatic rings. The van der Waals surface area contributed by atoms with Crippen LogP contribution in [0.3, 0.4) is 0 Å². The second-order valence-corrected chi connectivity index (χ2v) is 17.0. The number of benzene rings is 1. The molecule has 2 heteroatoms. The average Bonchev–Trinajstić information content (AvgIpc) is 3.78. The molecule has 5 rings (SSSR count). The minimum Gasteiger partial charge on any atom is -0.139 e. The molecule has 2 aromatic heterocycles. The van der Waals surface area contributed by atoms with Crippen molar-refractivity contribution in [3.63, 3.8) is 0 Å². The van der Waals surface area contributed by atoms with Crippen LogP contribution in [0.15, 0.2) is 35.4 Å². The average molecular weight is 655 g/mol. The zero-order valence-electron chi connectivity index (χ0n) is 30.6. The highest BCUT2D eigenvalue weighted by atomic mass is 32.1. The summed E-state index contributed by atoms with van der Waals surface area (Å²) in [5.74, 6) is 1.14. The van der Waals surface area contributed by atoms with Gasteiger partial charge in [-0.3, -0.25) is 0 Å². The Bertz CT molecular complexity index is 1390. The molecule has 0 bridgehead atoms. The van der Waals surface area contributed by atoms with Gasteiger partial charge in [0, 0.05) is 41.8 Å². The number of hydrogen-bond acceptors (Lipinski definition) is 2. The largest absolute Gasteiger partial charge is 0.139 e. The molecule has 2 aliphatic carbocycles. The molecule has 0 radical (unpaired) electrons. The van der Waals surface area contributed by atoms with E-state index >= 15 is 0 Å². The number of thiophene rings is 2. The summed E-state index contributed by atoms with van der Waals surface area (Å²) in [5, 5.41) is 0. The van der Waals surface area contributed by atoms with Crippen LogP contribution >= 0.6 is 22.7 Å². The lowest BCUT2D eigenvalue weighted by Gasteiger charge is -2.17. The fourth-order valence-corrected chi connectivity index (χ4v) is 10.1. The SMILES string of the molecule is CCCCCC(CCCCC)=C1c2cc3c(cc2-c2sc(C(C)C)cc21)C(=C(CCCCC)CCCCC)c1cc(C(C)C)sc1-3. The molecule has 0 aliphatic heterocycles. The van der Waals surface area contributed by atoms with Gasteiger partial charge in [0.2, 0.25) is 0 Å². The monoisotopic (exact) mass is 654 g/mol. The van der Waals surface area contributed by atoms with Crippen molar-refractivity contribution in [2.75, 3.05) is 0 Å². The quantitative estimate of drug-likeness (QED) is 0.0825. The molecule has 1 aromatic carbocycles. The molecule has 0 fully saturated rings. The van der Waals surface area contributed by atoms with E-state index < -0.39 is 0 Å². The highest BCUT2D eigenvalue weighted by Crippen LogP contribution is 2.58. The highest BCUT2D eigenvalue weighted by molar-refractivity contribution is 7.16. The first-order valence-electron chi connectivity index (χ1n) is 19.3. The summed E-state index contributed by atoms with van der Waals surface area (Å²) in [7, 11) is 0. The lowest BCUT2D eigenvalue weighted by molar-refractivity contribution is 0.661. The molecule has 0 saturated carbocycles. The van der Waals surface area contributed by atoms with Crippen LogP contribution in [-0.2, 0) is 0 Å². The molecule has 0 atom stereocenters. The van der Waals surface area contributed by atoms with Crippen LogP contribution in [0.1, 0.15) is 202 Å². The smallest absolute Gasteiger partial charge is 0.0430 e. The van der Waals surface area contributed by atoms with Gasteiger partial charge >= 0.3 is 0 Å². The first-order valence-corrected chi connectivity index (χ1v) is 20.9. The van der Waals surface area contributed by atoms with Gasteiger partial charge in [0.05, 0.1) is 0 Å². The lowest BCUT2D eigenvalue weighted by atomic mass is 9.88. The number of fused-ring (bicyclic) bond motifs is 6. The molecular formula is C44H62S2. The summed E-state index contributed by atoms with van der Waals surface area (Å²) in [6.07, 6.45) is 20.8. The van der Waals surface area contributed by atoms with Crippen molar-refractivity contribution >= 4 is 33.8 Å². The zero-order valence-corrected chi connectivity index (χ0v) is 32.2. The molecule has 0 saturated heterocycles. The van der Waals surface area contributed by atoms with Gasteiger partial charge in [-0.25, -0.2) is 0 Å². The molecule has 250 valence electrons. The van der Waals surface area contributed by atoms with Crippen LogP contribution in [0.5, 0.6) is 0 Å². The van der Waals surface area contributed by atoms with E-state index in [-0.39, 0.29) is 0 Å². The Hall–Kier alpha value is -1.90. The molecule has 46 heavy (non-hydrogen) atoms. The maximum atomic E-state index is 2.68. The van der Waals surface area contributed by atoms with Gasteiger partial charge in [-0.1, -0.05) is 118 Å². The molecule has 2 heterocycles. The summed E-state index contributed by atoms with van der Waals surface area (Å²) in [6.45, 7) is 18.9. The van der Waals surface area contributed by atoms with Gasteiger partial charge in [0.15, 0.2) is 0 Å². The van der Waals surface area contributed by atoms with Gasteiger partial charge in [-0.15, -0.1) is 22.7 Å². The second-order valence-electron chi connectivity index (χ2n) is 14.8. The Kier molecular flexibility index (Phi) is 12.7. The molecule has 0 amide bonds. The summed E-state index contributed by atoms with van der Waals surface area (Å²) in [6, 6.07) is 10.6. The summed E-state index contributed by atoms with van der Waals surface area (Å²) in [4.78, 5) is 6.20. The van der Waals surface area contributed by atoms with Gasteiger partial charge in [-0.05, 0) is 110 Å². The Morgan fingerprint density at radius 1 is 0.435 bits per heavy atom. The third-order valence-corrected chi connectivity index (χ3v) is 13.3. The number of unbranched alkanes of at least 4 members (excludes halogenated alkanes) is 8. The van der Waals surface area contributed by atoms with Gasteiger partial charge in [-0.2, -0.15) is 0 Å². The van der Waals surface area contributed by atoms with Crippen LogP contribution in [0.2, 0.25) is 0 Å². The predicted octanol–water partition coefficient (Wildman–Crippen LogP) is 15.9. The maximum Gasteiger partial charge on any atom is 0.0430 e. The van der Waals surface area contributed by atoms with Crippen molar-refractivity contribution in [2.24, 2.45) is 0 Å². The Balaban J connectivity index is 1.75. The number of allylic oxidation sites excluding steroid dienone is 2. The van der Waals surface area contributed by atoms with E-state index in [9.17, 15) is 0 Å². The molecule has 0 unspecified atom stereocenters. The fourth-order valence-electron chi connectivity index (χ4n) is 7.71. The summed E-state index contributed by atoms with van der Waals surface area (Å²) < 4.78 is 0. The fraction of sp³-hybridized carbons (Fsp3) is 0.591. The van der Waals surface area contributed by atoms with E-state index in [1.165, 1.54) is 114 Å². The van der Waals surface area contributed by atoms with Crippen molar-refractivity contribution in [1.29, 1.82) is 0 Å². The van der Waals surface area contributed by atoms with E-state index in [1.54, 1.807) is 64.1 Å². The van der Waals surface area contributed by atoms with E-state index in [0.717, 1.165) is 0 Å². The van der Waals surface area contributed by atoms with Crippen molar-refractivity contribution in [2.45, 2.75) is 170 Å². The van der Waals surface area contributed by atoms with Crippen molar-refractivity contribution in [3.8, 4) is 20.9 Å².